The second-order valence-electron chi connectivity index (χ2n) is 9.22. The third-order valence-electron chi connectivity index (χ3n) is 6.63. The van der Waals surface area contributed by atoms with Crippen molar-refractivity contribution in [2.24, 2.45) is 0 Å². The van der Waals surface area contributed by atoms with Gasteiger partial charge in [-0.25, -0.2) is 0 Å². The van der Waals surface area contributed by atoms with Crippen molar-refractivity contribution >= 4 is 46.6 Å². The number of rotatable bonds is 9. The van der Waals surface area contributed by atoms with E-state index < -0.39 is 6.04 Å². The van der Waals surface area contributed by atoms with Gasteiger partial charge in [0, 0.05) is 39.6 Å². The fraction of sp³-hybridized carbons (Fsp3) is 0.310. The maximum atomic E-state index is 13.8. The SMILES string of the molecule is O=C(NC1CCCC1)[C@H](Cc1ccccc1)N(Cc1c(Cl)cccc1Cl)C(=O)Cc1ccc(Cl)cc1. The Labute approximate surface area is 227 Å². The van der Waals surface area contributed by atoms with Gasteiger partial charge in [0.1, 0.15) is 6.04 Å². The molecule has 3 aromatic rings. The number of hydrogen-bond acceptors (Lipinski definition) is 2. The Morgan fingerprint density at radius 3 is 2.11 bits per heavy atom. The van der Waals surface area contributed by atoms with Gasteiger partial charge in [0.25, 0.3) is 0 Å². The Morgan fingerprint density at radius 2 is 1.47 bits per heavy atom. The van der Waals surface area contributed by atoms with Crippen molar-refractivity contribution in [3.63, 3.8) is 0 Å². The zero-order chi connectivity index (χ0) is 25.5. The van der Waals surface area contributed by atoms with Crippen LogP contribution in [0, 0.1) is 0 Å². The zero-order valence-corrected chi connectivity index (χ0v) is 22.2. The van der Waals surface area contributed by atoms with E-state index in [0.29, 0.717) is 27.1 Å². The second-order valence-corrected chi connectivity index (χ2v) is 10.5. The lowest BCUT2D eigenvalue weighted by Gasteiger charge is -2.33. The molecule has 0 heterocycles. The molecular formula is C29H29Cl3N2O2. The highest BCUT2D eigenvalue weighted by Crippen LogP contribution is 2.28. The average Bonchev–Trinajstić information content (AvgIpc) is 3.38. The van der Waals surface area contributed by atoms with Gasteiger partial charge in [-0.05, 0) is 48.2 Å². The largest absolute Gasteiger partial charge is 0.352 e. The quantitative estimate of drug-likeness (QED) is 0.319. The molecule has 3 aromatic carbocycles. The van der Waals surface area contributed by atoms with E-state index in [1.807, 2.05) is 42.5 Å². The molecule has 4 nitrogen and oxygen atoms in total. The number of benzene rings is 3. The standard InChI is InChI=1S/C29H29Cl3N2O2/c30-22-15-13-21(14-16-22)18-28(35)34(19-24-25(31)11-6-12-26(24)32)27(17-20-7-2-1-3-8-20)29(36)33-23-9-4-5-10-23/h1-3,6-8,11-16,23,27H,4-5,9-10,17-19H2,(H,33,36)/t27-/m0/s1. The Kier molecular flexibility index (Phi) is 9.30. The predicted octanol–water partition coefficient (Wildman–Crippen LogP) is 6.89. The average molecular weight is 544 g/mol. The number of amides is 2. The van der Waals surface area contributed by atoms with Crippen LogP contribution in [0.3, 0.4) is 0 Å². The number of nitrogens with one attached hydrogen (secondary N) is 1. The first-order chi connectivity index (χ1) is 17.4. The van der Waals surface area contributed by atoms with Gasteiger partial charge >= 0.3 is 0 Å². The number of halogens is 3. The van der Waals surface area contributed by atoms with Crippen LogP contribution in [0.5, 0.6) is 0 Å². The molecule has 4 rings (SSSR count). The van der Waals surface area contributed by atoms with Crippen LogP contribution in [0.4, 0.5) is 0 Å². The van der Waals surface area contributed by atoms with Crippen LogP contribution in [0.15, 0.2) is 72.8 Å². The summed E-state index contributed by atoms with van der Waals surface area (Å²) in [5.41, 5.74) is 2.41. The molecular weight excluding hydrogens is 515 g/mol. The summed E-state index contributed by atoms with van der Waals surface area (Å²) >= 11 is 19.0. The highest BCUT2D eigenvalue weighted by molar-refractivity contribution is 6.36. The van der Waals surface area contributed by atoms with Crippen LogP contribution >= 0.6 is 34.8 Å². The van der Waals surface area contributed by atoms with Crippen LogP contribution < -0.4 is 5.32 Å². The summed E-state index contributed by atoms with van der Waals surface area (Å²) in [5.74, 6) is -0.339. The van der Waals surface area contributed by atoms with Gasteiger partial charge in [0.2, 0.25) is 11.8 Å². The van der Waals surface area contributed by atoms with E-state index in [2.05, 4.69) is 5.32 Å². The normalized spacial score (nSPS) is 14.4. The molecule has 1 N–H and O–H groups in total. The first-order valence-electron chi connectivity index (χ1n) is 12.2. The number of carbonyl (C=O) groups excluding carboxylic acids is 2. The lowest BCUT2D eigenvalue weighted by atomic mass is 10.0. The van der Waals surface area contributed by atoms with Crippen molar-refractivity contribution in [3.8, 4) is 0 Å². The molecule has 1 fully saturated rings. The van der Waals surface area contributed by atoms with Crippen molar-refractivity contribution in [2.45, 2.75) is 57.2 Å². The molecule has 0 spiro atoms. The van der Waals surface area contributed by atoms with E-state index in [0.717, 1.165) is 36.8 Å². The molecule has 0 bridgehead atoms. The third kappa shape index (κ3) is 7.03. The highest BCUT2D eigenvalue weighted by Gasteiger charge is 2.33. The van der Waals surface area contributed by atoms with Crippen molar-refractivity contribution in [3.05, 3.63) is 105 Å². The van der Waals surface area contributed by atoms with Gasteiger partial charge in [-0.1, -0.05) is 96.2 Å². The van der Waals surface area contributed by atoms with Gasteiger partial charge in [-0.3, -0.25) is 9.59 Å². The maximum Gasteiger partial charge on any atom is 0.243 e. The maximum absolute atomic E-state index is 13.8. The van der Waals surface area contributed by atoms with Gasteiger partial charge in [-0.2, -0.15) is 0 Å². The summed E-state index contributed by atoms with van der Waals surface area (Å²) in [7, 11) is 0. The third-order valence-corrected chi connectivity index (χ3v) is 7.59. The van der Waals surface area contributed by atoms with Gasteiger partial charge < -0.3 is 10.2 Å². The Morgan fingerprint density at radius 1 is 0.833 bits per heavy atom. The fourth-order valence-corrected chi connectivity index (χ4v) is 5.30. The van der Waals surface area contributed by atoms with Crippen LogP contribution in [0.2, 0.25) is 15.1 Å². The van der Waals surface area contributed by atoms with Crippen molar-refractivity contribution < 1.29 is 9.59 Å². The molecule has 0 saturated heterocycles. The number of nitrogens with zero attached hydrogens (tertiary/aromatic N) is 1. The molecule has 0 aliphatic heterocycles. The molecule has 1 aliphatic rings. The molecule has 188 valence electrons. The Hall–Kier alpha value is -2.53. The minimum atomic E-state index is -0.722. The van der Waals surface area contributed by atoms with Gasteiger partial charge in [0.05, 0.1) is 6.42 Å². The van der Waals surface area contributed by atoms with Gasteiger partial charge in [-0.15, -0.1) is 0 Å². The molecule has 1 saturated carbocycles. The van der Waals surface area contributed by atoms with Crippen molar-refractivity contribution in [2.75, 3.05) is 0 Å². The predicted molar refractivity (Wildman–Crippen MR) is 147 cm³/mol. The Balaban J connectivity index is 1.69. The number of hydrogen-bond donors (Lipinski definition) is 1. The fourth-order valence-electron chi connectivity index (χ4n) is 4.65. The van der Waals surface area contributed by atoms with E-state index in [4.69, 9.17) is 34.8 Å². The molecule has 1 atom stereocenters. The van der Waals surface area contributed by atoms with Crippen LogP contribution in [-0.2, 0) is 29.0 Å². The van der Waals surface area contributed by atoms with Crippen LogP contribution in [0.1, 0.15) is 42.4 Å². The molecule has 2 amide bonds. The van der Waals surface area contributed by atoms with E-state index >= 15 is 0 Å². The summed E-state index contributed by atoms with van der Waals surface area (Å²) < 4.78 is 0. The summed E-state index contributed by atoms with van der Waals surface area (Å²) in [4.78, 5) is 29.2. The summed E-state index contributed by atoms with van der Waals surface area (Å²) in [6, 6.07) is 21.6. The topological polar surface area (TPSA) is 49.4 Å². The molecule has 0 radical (unpaired) electrons. The highest BCUT2D eigenvalue weighted by atomic mass is 35.5. The number of carbonyl (C=O) groups is 2. The second kappa shape index (κ2) is 12.6. The van der Waals surface area contributed by atoms with Gasteiger partial charge in [0.15, 0.2) is 0 Å². The first kappa shape index (κ1) is 26.5. The van der Waals surface area contributed by atoms with Crippen molar-refractivity contribution in [1.82, 2.24) is 10.2 Å². The molecule has 1 aliphatic carbocycles. The molecule has 7 heteroatoms. The smallest absolute Gasteiger partial charge is 0.243 e. The van der Waals surface area contributed by atoms with E-state index in [1.165, 1.54) is 0 Å². The summed E-state index contributed by atoms with van der Waals surface area (Å²) in [6.45, 7) is 0.126. The minimum absolute atomic E-state index is 0.126. The first-order valence-corrected chi connectivity index (χ1v) is 13.3. The van der Waals surface area contributed by atoms with E-state index in [1.54, 1.807) is 35.2 Å². The lowest BCUT2D eigenvalue weighted by molar-refractivity contribution is -0.141. The molecule has 0 aromatic heterocycles. The van der Waals surface area contributed by atoms with Crippen LogP contribution in [0.25, 0.3) is 0 Å². The molecule has 0 unspecified atom stereocenters. The Bertz CT molecular complexity index is 1160. The molecule has 36 heavy (non-hydrogen) atoms. The summed E-state index contributed by atoms with van der Waals surface area (Å²) in [5, 5.41) is 4.72. The monoisotopic (exact) mass is 542 g/mol. The zero-order valence-electron chi connectivity index (χ0n) is 19.9. The van der Waals surface area contributed by atoms with Crippen molar-refractivity contribution in [1.29, 1.82) is 0 Å². The lowest BCUT2D eigenvalue weighted by Crippen LogP contribution is -2.52. The van der Waals surface area contributed by atoms with Crippen LogP contribution in [-0.4, -0.2) is 28.8 Å². The minimum Gasteiger partial charge on any atom is -0.352 e. The van der Waals surface area contributed by atoms with E-state index in [-0.39, 0.29) is 30.8 Å². The van der Waals surface area contributed by atoms with E-state index in [9.17, 15) is 9.59 Å². The summed E-state index contributed by atoms with van der Waals surface area (Å²) in [6.07, 6.45) is 4.62.